The van der Waals surface area contributed by atoms with Gasteiger partial charge in [0.2, 0.25) is 0 Å². The molecule has 0 heterocycles. The van der Waals surface area contributed by atoms with Gasteiger partial charge in [0.05, 0.1) is 16.7 Å². The van der Waals surface area contributed by atoms with Crippen molar-refractivity contribution < 1.29 is 55.4 Å². The molecule has 216 valence electrons. The Bertz CT molecular complexity index is 1120. The zero-order chi connectivity index (χ0) is 29.9. The van der Waals surface area contributed by atoms with Gasteiger partial charge in [-0.25, -0.2) is 55.4 Å². The first-order valence-corrected chi connectivity index (χ1v) is 11.9. The first-order valence-electron chi connectivity index (χ1n) is 11.9. The SMILES string of the molecule is CC(C)(OOB(OOC(C)(C)c1c(F)cccc1F)OOC(C)(C)c1c(F)cccc1F)c1c(F)cccc1F. The highest BCUT2D eigenvalue weighted by atomic mass is 19.2. The Morgan fingerprint density at radius 2 is 0.625 bits per heavy atom. The molecule has 3 aromatic carbocycles. The number of halogens is 6. The van der Waals surface area contributed by atoms with Crippen LogP contribution in [0.3, 0.4) is 0 Å². The van der Waals surface area contributed by atoms with E-state index >= 15 is 0 Å². The Kier molecular flexibility index (Phi) is 9.71. The van der Waals surface area contributed by atoms with Gasteiger partial charge in [-0.1, -0.05) is 18.2 Å². The fourth-order valence-corrected chi connectivity index (χ4v) is 3.87. The van der Waals surface area contributed by atoms with Crippen molar-refractivity contribution in [3.05, 3.63) is 106 Å². The lowest BCUT2D eigenvalue weighted by molar-refractivity contribution is -0.407. The van der Waals surface area contributed by atoms with Gasteiger partial charge in [0.15, 0.2) is 0 Å². The molecule has 40 heavy (non-hydrogen) atoms. The van der Waals surface area contributed by atoms with Crippen LogP contribution in [-0.2, 0) is 45.9 Å². The van der Waals surface area contributed by atoms with Crippen LogP contribution in [0, 0.1) is 34.9 Å². The molecule has 0 bridgehead atoms. The van der Waals surface area contributed by atoms with Crippen LogP contribution in [0.1, 0.15) is 58.2 Å². The van der Waals surface area contributed by atoms with Crippen molar-refractivity contribution in [3.8, 4) is 0 Å². The minimum absolute atomic E-state index is 0.516. The molecule has 3 aromatic rings. The topological polar surface area (TPSA) is 55.4 Å². The van der Waals surface area contributed by atoms with Crippen molar-refractivity contribution in [3.63, 3.8) is 0 Å². The summed E-state index contributed by atoms with van der Waals surface area (Å²) in [7, 11) is -2.18. The molecule has 0 aliphatic rings. The normalized spacial score (nSPS) is 12.6. The monoisotopic (exact) mass is 572 g/mol. The summed E-state index contributed by atoms with van der Waals surface area (Å²) < 4.78 is 86.3. The van der Waals surface area contributed by atoms with Gasteiger partial charge in [0, 0.05) is 0 Å². The van der Waals surface area contributed by atoms with Crippen LogP contribution >= 0.6 is 0 Å². The molecule has 0 atom stereocenters. The summed E-state index contributed by atoms with van der Waals surface area (Å²) >= 11 is 0. The molecule has 0 spiro atoms. The average molecular weight is 572 g/mol. The van der Waals surface area contributed by atoms with E-state index < -0.39 is 75.7 Å². The summed E-state index contributed by atoms with van der Waals surface area (Å²) in [5.41, 5.74) is -6.96. The molecule has 0 N–H and O–H groups in total. The van der Waals surface area contributed by atoms with Crippen LogP contribution in [0.25, 0.3) is 0 Å². The highest BCUT2D eigenvalue weighted by molar-refractivity contribution is 6.35. The van der Waals surface area contributed by atoms with E-state index in [4.69, 9.17) is 29.1 Å². The third kappa shape index (κ3) is 7.22. The van der Waals surface area contributed by atoms with Gasteiger partial charge < -0.3 is 0 Å². The van der Waals surface area contributed by atoms with Crippen molar-refractivity contribution in [1.29, 1.82) is 0 Å². The Hall–Kier alpha value is -2.94. The van der Waals surface area contributed by atoms with Crippen LogP contribution in [0.2, 0.25) is 0 Å². The Labute approximate surface area is 227 Å². The van der Waals surface area contributed by atoms with Gasteiger partial charge in [-0.3, -0.25) is 0 Å². The van der Waals surface area contributed by atoms with Crippen LogP contribution in [0.15, 0.2) is 54.6 Å². The van der Waals surface area contributed by atoms with E-state index in [-0.39, 0.29) is 0 Å². The summed E-state index contributed by atoms with van der Waals surface area (Å²) in [5, 5.41) is 0. The van der Waals surface area contributed by atoms with E-state index in [1.807, 2.05) is 0 Å². The van der Waals surface area contributed by atoms with Gasteiger partial charge in [0.25, 0.3) is 0 Å². The molecule has 0 saturated heterocycles. The predicted octanol–water partition coefficient (Wildman–Crippen LogP) is 7.46. The molecule has 0 aromatic heterocycles. The molecular formula is C27H27BF6O6. The summed E-state index contributed by atoms with van der Waals surface area (Å²) in [6.07, 6.45) is 0. The first-order chi connectivity index (χ1) is 18.6. The van der Waals surface area contributed by atoms with E-state index in [1.54, 1.807) is 0 Å². The molecule has 0 fully saturated rings. The maximum absolute atomic E-state index is 14.4. The van der Waals surface area contributed by atoms with Gasteiger partial charge in [-0.2, -0.15) is 0 Å². The zero-order valence-electron chi connectivity index (χ0n) is 22.5. The van der Waals surface area contributed by atoms with Crippen molar-refractivity contribution in [2.45, 2.75) is 58.3 Å². The molecule has 0 amide bonds. The van der Waals surface area contributed by atoms with Crippen LogP contribution in [0.5, 0.6) is 0 Å². The fraction of sp³-hybridized carbons (Fsp3) is 0.333. The molecule has 0 saturated carbocycles. The average Bonchev–Trinajstić information content (AvgIpc) is 2.82. The number of hydrogen-bond donors (Lipinski definition) is 0. The van der Waals surface area contributed by atoms with Crippen LogP contribution in [-0.4, -0.2) is 7.32 Å². The van der Waals surface area contributed by atoms with Gasteiger partial charge >= 0.3 is 7.32 Å². The molecule has 0 unspecified atom stereocenters. The van der Waals surface area contributed by atoms with E-state index in [2.05, 4.69) is 0 Å². The highest BCUT2D eigenvalue weighted by Gasteiger charge is 2.41. The standard InChI is InChI=1S/C27H27BF6O6/c1-25(2,22-16(29)10-7-11-17(22)30)35-38-28(39-36-26(3,4)23-18(31)12-8-13-19(23)32)40-37-27(5,6)24-20(33)14-9-15-21(24)34/h7-15H,1-6H3. The zero-order valence-corrected chi connectivity index (χ0v) is 22.5. The molecule has 0 aliphatic heterocycles. The summed E-state index contributed by atoms with van der Waals surface area (Å²) in [5.74, 6) is -5.71. The Morgan fingerprint density at radius 1 is 0.425 bits per heavy atom. The maximum atomic E-state index is 14.4. The first kappa shape index (κ1) is 31.6. The van der Waals surface area contributed by atoms with Gasteiger partial charge in [-0.05, 0) is 77.9 Å². The maximum Gasteiger partial charge on any atom is 0.725 e. The molecular weight excluding hydrogens is 545 g/mol. The molecule has 6 nitrogen and oxygen atoms in total. The summed E-state index contributed by atoms with van der Waals surface area (Å²) in [6, 6.07) is 9.43. The molecule has 3 rings (SSSR count). The molecule has 0 radical (unpaired) electrons. The Balaban J connectivity index is 1.84. The molecule has 0 aliphatic carbocycles. The van der Waals surface area contributed by atoms with Crippen LogP contribution in [0.4, 0.5) is 26.3 Å². The summed E-state index contributed by atoms with van der Waals surface area (Å²) in [6.45, 7) is 7.53. The van der Waals surface area contributed by atoms with Crippen LogP contribution < -0.4 is 0 Å². The van der Waals surface area contributed by atoms with E-state index in [0.29, 0.717) is 0 Å². The number of benzene rings is 3. The van der Waals surface area contributed by atoms with Crippen molar-refractivity contribution in [2.24, 2.45) is 0 Å². The second kappa shape index (κ2) is 12.3. The minimum Gasteiger partial charge on any atom is -0.236 e. The quantitative estimate of drug-likeness (QED) is 0.0973. The van der Waals surface area contributed by atoms with E-state index in [1.165, 1.54) is 41.5 Å². The van der Waals surface area contributed by atoms with Crippen molar-refractivity contribution in [1.82, 2.24) is 0 Å². The fourth-order valence-electron chi connectivity index (χ4n) is 3.87. The van der Waals surface area contributed by atoms with Crippen molar-refractivity contribution >= 4 is 7.32 Å². The minimum atomic E-state index is -2.18. The summed E-state index contributed by atoms with van der Waals surface area (Å²) in [4.78, 5) is 30.7. The predicted molar refractivity (Wildman–Crippen MR) is 130 cm³/mol. The van der Waals surface area contributed by atoms with Gasteiger partial charge in [0.1, 0.15) is 51.7 Å². The second-order valence-corrected chi connectivity index (χ2v) is 10.1. The number of hydrogen-bond acceptors (Lipinski definition) is 6. The van der Waals surface area contributed by atoms with Crippen molar-refractivity contribution in [2.75, 3.05) is 0 Å². The lowest BCUT2D eigenvalue weighted by Crippen LogP contribution is -2.38. The number of rotatable bonds is 12. The van der Waals surface area contributed by atoms with E-state index in [9.17, 15) is 26.3 Å². The largest absolute Gasteiger partial charge is 0.725 e. The third-order valence-electron chi connectivity index (χ3n) is 5.70. The Morgan fingerprint density at radius 3 is 0.825 bits per heavy atom. The molecule has 13 heteroatoms. The second-order valence-electron chi connectivity index (χ2n) is 10.1. The lowest BCUT2D eigenvalue weighted by atomic mass is 9.97. The highest BCUT2D eigenvalue weighted by Crippen LogP contribution is 2.34. The third-order valence-corrected chi connectivity index (χ3v) is 5.70. The van der Waals surface area contributed by atoms with Gasteiger partial charge in [-0.15, -0.1) is 0 Å². The lowest BCUT2D eigenvalue weighted by Gasteiger charge is -2.30. The van der Waals surface area contributed by atoms with E-state index in [0.717, 1.165) is 54.6 Å². The smallest absolute Gasteiger partial charge is 0.236 e.